The van der Waals surface area contributed by atoms with Gasteiger partial charge in [-0.25, -0.2) is 4.68 Å². The maximum absolute atomic E-state index is 12.2. The monoisotopic (exact) mass is 286 g/mol. The van der Waals surface area contributed by atoms with Gasteiger partial charge in [-0.2, -0.15) is 5.10 Å². The van der Waals surface area contributed by atoms with Gasteiger partial charge in [-0.3, -0.25) is 4.79 Å². The molecule has 0 bridgehead atoms. The van der Waals surface area contributed by atoms with E-state index in [0.29, 0.717) is 6.42 Å². The second-order valence-corrected chi connectivity index (χ2v) is 5.57. The molecule has 21 heavy (non-hydrogen) atoms. The smallest absolute Gasteiger partial charge is 0.226 e. The van der Waals surface area contributed by atoms with E-state index in [1.807, 2.05) is 51.1 Å². The van der Waals surface area contributed by atoms with Gasteiger partial charge in [-0.15, -0.1) is 0 Å². The molecule has 5 heteroatoms. The number of benzene rings is 1. The zero-order valence-corrected chi connectivity index (χ0v) is 12.7. The molecule has 0 fully saturated rings. The van der Waals surface area contributed by atoms with E-state index in [2.05, 4.69) is 10.4 Å². The summed E-state index contributed by atoms with van der Waals surface area (Å²) in [5.41, 5.74) is 7.52. The van der Waals surface area contributed by atoms with Crippen LogP contribution in [0.3, 0.4) is 0 Å². The van der Waals surface area contributed by atoms with Crippen molar-refractivity contribution in [2.45, 2.75) is 39.2 Å². The van der Waals surface area contributed by atoms with Gasteiger partial charge in [0, 0.05) is 24.2 Å². The van der Waals surface area contributed by atoms with Crippen LogP contribution < -0.4 is 11.1 Å². The van der Waals surface area contributed by atoms with Crippen LogP contribution in [0, 0.1) is 0 Å². The van der Waals surface area contributed by atoms with Crippen LogP contribution >= 0.6 is 0 Å². The minimum Gasteiger partial charge on any atom is -0.399 e. The summed E-state index contributed by atoms with van der Waals surface area (Å²) in [6.45, 7) is 6.09. The Morgan fingerprint density at radius 3 is 2.52 bits per heavy atom. The maximum Gasteiger partial charge on any atom is 0.226 e. The van der Waals surface area contributed by atoms with Crippen LogP contribution in [0.15, 0.2) is 36.5 Å². The molecule has 1 amide bonds. The van der Waals surface area contributed by atoms with Crippen LogP contribution in [0.2, 0.25) is 0 Å². The van der Waals surface area contributed by atoms with Crippen LogP contribution in [0.1, 0.15) is 44.7 Å². The first-order valence-corrected chi connectivity index (χ1v) is 7.16. The normalized spacial score (nSPS) is 12.4. The van der Waals surface area contributed by atoms with Gasteiger partial charge in [-0.05, 0) is 37.5 Å². The summed E-state index contributed by atoms with van der Waals surface area (Å²) < 4.78 is 1.80. The van der Waals surface area contributed by atoms with Gasteiger partial charge >= 0.3 is 0 Å². The van der Waals surface area contributed by atoms with Crippen LogP contribution in [0.25, 0.3) is 0 Å². The molecule has 0 saturated heterocycles. The quantitative estimate of drug-likeness (QED) is 0.829. The Hall–Kier alpha value is -2.30. The summed E-state index contributed by atoms with van der Waals surface area (Å²) in [6.07, 6.45) is 2.12. The van der Waals surface area contributed by atoms with E-state index in [-0.39, 0.29) is 17.9 Å². The van der Waals surface area contributed by atoms with Gasteiger partial charge in [0.25, 0.3) is 0 Å². The highest BCUT2D eigenvalue weighted by Gasteiger charge is 2.14. The van der Waals surface area contributed by atoms with Gasteiger partial charge in [0.15, 0.2) is 0 Å². The molecule has 2 aromatic rings. The van der Waals surface area contributed by atoms with Gasteiger partial charge in [0.05, 0.1) is 6.20 Å². The maximum atomic E-state index is 12.2. The van der Waals surface area contributed by atoms with Crippen LogP contribution in [0.5, 0.6) is 0 Å². The van der Waals surface area contributed by atoms with Gasteiger partial charge in [-0.1, -0.05) is 19.1 Å². The zero-order valence-electron chi connectivity index (χ0n) is 12.7. The molecule has 0 aliphatic rings. The molecular weight excluding hydrogens is 264 g/mol. The predicted molar refractivity (Wildman–Crippen MR) is 85.1 cm³/mol. The lowest BCUT2D eigenvalue weighted by Gasteiger charge is -2.14. The van der Waals surface area contributed by atoms with Crippen LogP contribution in [-0.2, 0) is 4.79 Å². The first kappa shape index (κ1) is 15.1. The van der Waals surface area contributed by atoms with E-state index in [4.69, 9.17) is 5.73 Å². The van der Waals surface area contributed by atoms with E-state index in [9.17, 15) is 4.79 Å². The summed E-state index contributed by atoms with van der Waals surface area (Å²) in [5.74, 6) is 0.863. The molecule has 1 atom stereocenters. The predicted octanol–water partition coefficient (Wildman–Crippen LogP) is 3.18. The molecule has 0 radical (unpaired) electrons. The van der Waals surface area contributed by atoms with Crippen molar-refractivity contribution in [2.24, 2.45) is 0 Å². The first-order chi connectivity index (χ1) is 9.97. The third-order valence-corrected chi connectivity index (χ3v) is 3.42. The van der Waals surface area contributed by atoms with Crippen molar-refractivity contribution in [3.8, 4) is 0 Å². The molecule has 0 spiro atoms. The van der Waals surface area contributed by atoms with Crippen LogP contribution in [0.4, 0.5) is 11.5 Å². The number of aromatic nitrogens is 2. The average molecular weight is 286 g/mol. The number of hydrogen-bond donors (Lipinski definition) is 2. The SMILES string of the molecule is CC(CC(=O)Nc1ccnn1C(C)C)c1ccc(N)cc1. The molecule has 5 nitrogen and oxygen atoms in total. The molecule has 1 heterocycles. The van der Waals surface area contributed by atoms with Crippen molar-refractivity contribution < 1.29 is 4.79 Å². The molecule has 0 aliphatic carbocycles. The fourth-order valence-corrected chi connectivity index (χ4v) is 2.24. The molecule has 1 unspecified atom stereocenters. The lowest BCUT2D eigenvalue weighted by atomic mass is 9.97. The Balaban J connectivity index is 1.98. The molecule has 0 aliphatic heterocycles. The number of nitrogen functional groups attached to an aromatic ring is 1. The van der Waals surface area contributed by atoms with Crippen molar-refractivity contribution in [2.75, 3.05) is 11.1 Å². The molecule has 2 rings (SSSR count). The second-order valence-electron chi connectivity index (χ2n) is 5.57. The number of nitrogens with one attached hydrogen (secondary N) is 1. The van der Waals surface area contributed by atoms with Gasteiger partial charge in [0.2, 0.25) is 5.91 Å². The molecular formula is C16H22N4O. The number of hydrogen-bond acceptors (Lipinski definition) is 3. The number of amides is 1. The molecule has 0 saturated carbocycles. The number of carbonyl (C=O) groups excluding carboxylic acids is 1. The average Bonchev–Trinajstić information content (AvgIpc) is 2.87. The summed E-state index contributed by atoms with van der Waals surface area (Å²) in [7, 11) is 0. The zero-order chi connectivity index (χ0) is 15.4. The highest BCUT2D eigenvalue weighted by Crippen LogP contribution is 2.21. The van der Waals surface area contributed by atoms with Crippen molar-refractivity contribution in [1.82, 2.24) is 9.78 Å². The van der Waals surface area contributed by atoms with E-state index >= 15 is 0 Å². The van der Waals surface area contributed by atoms with Crippen molar-refractivity contribution in [3.63, 3.8) is 0 Å². The molecule has 3 N–H and O–H groups in total. The van der Waals surface area contributed by atoms with E-state index in [0.717, 1.165) is 17.1 Å². The highest BCUT2D eigenvalue weighted by molar-refractivity contribution is 5.90. The fraction of sp³-hybridized carbons (Fsp3) is 0.375. The lowest BCUT2D eigenvalue weighted by Crippen LogP contribution is -2.18. The number of rotatable bonds is 5. The largest absolute Gasteiger partial charge is 0.399 e. The summed E-state index contributed by atoms with van der Waals surface area (Å²) in [5, 5.41) is 7.12. The molecule has 1 aromatic heterocycles. The van der Waals surface area contributed by atoms with Crippen molar-refractivity contribution in [1.29, 1.82) is 0 Å². The second kappa shape index (κ2) is 6.43. The number of nitrogens with two attached hydrogens (primary N) is 1. The summed E-state index contributed by atoms with van der Waals surface area (Å²) >= 11 is 0. The Kier molecular flexibility index (Phi) is 4.62. The van der Waals surface area contributed by atoms with Crippen LogP contribution in [-0.4, -0.2) is 15.7 Å². The Bertz CT molecular complexity index is 601. The Labute approximate surface area is 125 Å². The first-order valence-electron chi connectivity index (χ1n) is 7.16. The van der Waals surface area contributed by atoms with Crippen molar-refractivity contribution in [3.05, 3.63) is 42.1 Å². The molecule has 1 aromatic carbocycles. The Morgan fingerprint density at radius 2 is 1.90 bits per heavy atom. The minimum absolute atomic E-state index is 0.0123. The van der Waals surface area contributed by atoms with E-state index in [1.54, 1.807) is 10.9 Å². The topological polar surface area (TPSA) is 72.9 Å². The van der Waals surface area contributed by atoms with E-state index in [1.165, 1.54) is 0 Å². The summed E-state index contributed by atoms with van der Waals surface area (Å²) in [6, 6.07) is 9.67. The highest BCUT2D eigenvalue weighted by atomic mass is 16.1. The summed E-state index contributed by atoms with van der Waals surface area (Å²) in [4.78, 5) is 12.2. The number of anilines is 2. The van der Waals surface area contributed by atoms with Gasteiger partial charge in [0.1, 0.15) is 5.82 Å². The van der Waals surface area contributed by atoms with Crippen molar-refractivity contribution >= 4 is 17.4 Å². The minimum atomic E-state index is -0.0123. The Morgan fingerprint density at radius 1 is 1.24 bits per heavy atom. The molecule has 112 valence electrons. The third kappa shape index (κ3) is 3.84. The van der Waals surface area contributed by atoms with Gasteiger partial charge < -0.3 is 11.1 Å². The number of carbonyl (C=O) groups is 1. The van der Waals surface area contributed by atoms with E-state index < -0.39 is 0 Å². The standard InChI is InChI=1S/C16H22N4O/c1-11(2)20-15(8-9-18-20)19-16(21)10-12(3)13-4-6-14(17)7-5-13/h4-9,11-12H,10,17H2,1-3H3,(H,19,21). The third-order valence-electron chi connectivity index (χ3n) is 3.42. The fourth-order valence-electron chi connectivity index (χ4n) is 2.24. The lowest BCUT2D eigenvalue weighted by molar-refractivity contribution is -0.116. The number of nitrogens with zero attached hydrogens (tertiary/aromatic N) is 2.